The molecule has 0 radical (unpaired) electrons. The van der Waals surface area contributed by atoms with E-state index in [1.807, 2.05) is 18.2 Å². The Morgan fingerprint density at radius 2 is 2.06 bits per heavy atom. The van der Waals surface area contributed by atoms with Crippen molar-refractivity contribution in [3.8, 4) is 0 Å². The van der Waals surface area contributed by atoms with E-state index in [1.165, 1.54) is 0 Å². The first kappa shape index (κ1) is 12.7. The van der Waals surface area contributed by atoms with Gasteiger partial charge in [0.1, 0.15) is 0 Å². The summed E-state index contributed by atoms with van der Waals surface area (Å²) in [4.78, 5) is 11.7. The maximum absolute atomic E-state index is 11.7. The molecule has 1 aromatic carbocycles. The third-order valence-corrected chi connectivity index (χ3v) is 2.27. The normalized spacial score (nSPS) is 10.1. The standard InChI is InChI=1S/C13H18O3/c1-3-4-9-16-13(14)12-8-6-5-7-11(12)10-15-2/h5-8H,3-4,9-10H2,1-2H3. The molecule has 0 spiro atoms. The summed E-state index contributed by atoms with van der Waals surface area (Å²) in [5, 5.41) is 0. The second kappa shape index (κ2) is 7.01. The summed E-state index contributed by atoms with van der Waals surface area (Å²) in [5.74, 6) is -0.263. The zero-order valence-corrected chi connectivity index (χ0v) is 9.86. The molecule has 88 valence electrons. The molecule has 1 aromatic rings. The van der Waals surface area contributed by atoms with Crippen LogP contribution in [0.25, 0.3) is 0 Å². The molecule has 0 amide bonds. The van der Waals surface area contributed by atoms with Gasteiger partial charge in [-0.3, -0.25) is 0 Å². The van der Waals surface area contributed by atoms with Crippen molar-refractivity contribution in [3.63, 3.8) is 0 Å². The van der Waals surface area contributed by atoms with E-state index >= 15 is 0 Å². The van der Waals surface area contributed by atoms with Gasteiger partial charge >= 0.3 is 5.97 Å². The zero-order chi connectivity index (χ0) is 11.8. The molecule has 0 atom stereocenters. The van der Waals surface area contributed by atoms with Crippen molar-refractivity contribution in [3.05, 3.63) is 35.4 Å². The number of rotatable bonds is 6. The van der Waals surface area contributed by atoms with E-state index in [0.29, 0.717) is 18.8 Å². The summed E-state index contributed by atoms with van der Waals surface area (Å²) in [6.45, 7) is 2.97. The predicted octanol–water partition coefficient (Wildman–Crippen LogP) is 2.79. The molecule has 0 aliphatic carbocycles. The minimum Gasteiger partial charge on any atom is -0.462 e. The van der Waals surface area contributed by atoms with Gasteiger partial charge in [-0.15, -0.1) is 0 Å². The number of carbonyl (C=O) groups excluding carboxylic acids is 1. The maximum atomic E-state index is 11.7. The molecular weight excluding hydrogens is 204 g/mol. The van der Waals surface area contributed by atoms with Gasteiger partial charge in [0.15, 0.2) is 0 Å². The van der Waals surface area contributed by atoms with Gasteiger partial charge in [-0.25, -0.2) is 4.79 Å². The molecule has 0 saturated carbocycles. The van der Waals surface area contributed by atoms with Crippen molar-refractivity contribution < 1.29 is 14.3 Å². The Bertz CT molecular complexity index is 334. The monoisotopic (exact) mass is 222 g/mol. The minimum absolute atomic E-state index is 0.263. The molecule has 0 fully saturated rings. The number of hydrogen-bond donors (Lipinski definition) is 0. The molecule has 3 nitrogen and oxygen atoms in total. The summed E-state index contributed by atoms with van der Waals surface area (Å²) in [5.41, 5.74) is 1.46. The highest BCUT2D eigenvalue weighted by atomic mass is 16.5. The van der Waals surface area contributed by atoms with E-state index < -0.39 is 0 Å². The molecule has 0 N–H and O–H groups in total. The van der Waals surface area contributed by atoms with Crippen molar-refractivity contribution in [2.45, 2.75) is 26.4 Å². The Labute approximate surface area is 96.4 Å². The lowest BCUT2D eigenvalue weighted by Gasteiger charge is -2.08. The number of ether oxygens (including phenoxy) is 2. The van der Waals surface area contributed by atoms with Crippen LogP contribution >= 0.6 is 0 Å². The van der Waals surface area contributed by atoms with E-state index in [4.69, 9.17) is 9.47 Å². The molecule has 0 saturated heterocycles. The third-order valence-electron chi connectivity index (χ3n) is 2.27. The molecule has 0 unspecified atom stereocenters. The Kier molecular flexibility index (Phi) is 5.57. The molecule has 16 heavy (non-hydrogen) atoms. The summed E-state index contributed by atoms with van der Waals surface area (Å²) >= 11 is 0. The highest BCUT2D eigenvalue weighted by Gasteiger charge is 2.11. The predicted molar refractivity (Wildman–Crippen MR) is 62.3 cm³/mol. The van der Waals surface area contributed by atoms with Crippen LogP contribution in [0, 0.1) is 0 Å². The molecule has 0 aromatic heterocycles. The topological polar surface area (TPSA) is 35.5 Å². The van der Waals surface area contributed by atoms with Crippen LogP contribution in [0.2, 0.25) is 0 Å². The van der Waals surface area contributed by atoms with Crippen molar-refractivity contribution in [2.75, 3.05) is 13.7 Å². The van der Waals surface area contributed by atoms with Gasteiger partial charge in [-0.2, -0.15) is 0 Å². The van der Waals surface area contributed by atoms with E-state index in [9.17, 15) is 4.79 Å². The van der Waals surface area contributed by atoms with Gasteiger partial charge in [0, 0.05) is 7.11 Å². The SMILES string of the molecule is CCCCOC(=O)c1ccccc1COC. The quantitative estimate of drug-likeness (QED) is 0.548. The van der Waals surface area contributed by atoms with Crippen LogP contribution in [0.4, 0.5) is 0 Å². The average molecular weight is 222 g/mol. The maximum Gasteiger partial charge on any atom is 0.338 e. The molecular formula is C13H18O3. The first-order valence-corrected chi connectivity index (χ1v) is 5.53. The minimum atomic E-state index is -0.263. The van der Waals surface area contributed by atoms with Crippen molar-refractivity contribution in [2.24, 2.45) is 0 Å². The Balaban J connectivity index is 2.66. The second-order valence-electron chi connectivity index (χ2n) is 3.58. The number of hydrogen-bond acceptors (Lipinski definition) is 3. The van der Waals surface area contributed by atoms with Gasteiger partial charge in [-0.05, 0) is 18.1 Å². The number of unbranched alkanes of at least 4 members (excludes halogenated alkanes) is 1. The van der Waals surface area contributed by atoms with Crippen LogP contribution in [0.15, 0.2) is 24.3 Å². The van der Waals surface area contributed by atoms with Crippen LogP contribution < -0.4 is 0 Å². The fraction of sp³-hybridized carbons (Fsp3) is 0.462. The van der Waals surface area contributed by atoms with Crippen LogP contribution in [0.5, 0.6) is 0 Å². The zero-order valence-electron chi connectivity index (χ0n) is 9.86. The first-order valence-electron chi connectivity index (χ1n) is 5.53. The third kappa shape index (κ3) is 3.66. The van der Waals surface area contributed by atoms with Crippen LogP contribution in [0.1, 0.15) is 35.7 Å². The molecule has 1 rings (SSSR count). The van der Waals surface area contributed by atoms with E-state index in [2.05, 4.69) is 6.92 Å². The number of benzene rings is 1. The van der Waals surface area contributed by atoms with Crippen molar-refractivity contribution >= 4 is 5.97 Å². The smallest absolute Gasteiger partial charge is 0.338 e. The van der Waals surface area contributed by atoms with Crippen LogP contribution in [-0.2, 0) is 16.1 Å². The average Bonchev–Trinajstić information content (AvgIpc) is 2.30. The van der Waals surface area contributed by atoms with Gasteiger partial charge < -0.3 is 9.47 Å². The molecule has 3 heteroatoms. The number of esters is 1. The largest absolute Gasteiger partial charge is 0.462 e. The molecule has 0 bridgehead atoms. The summed E-state index contributed by atoms with van der Waals surface area (Å²) < 4.78 is 10.2. The Morgan fingerprint density at radius 3 is 2.75 bits per heavy atom. The molecule has 0 aliphatic heterocycles. The van der Waals surface area contributed by atoms with Gasteiger partial charge in [0.05, 0.1) is 18.8 Å². The van der Waals surface area contributed by atoms with Gasteiger partial charge in [-0.1, -0.05) is 31.5 Å². The van der Waals surface area contributed by atoms with Gasteiger partial charge in [0.2, 0.25) is 0 Å². The van der Waals surface area contributed by atoms with Crippen LogP contribution in [0.3, 0.4) is 0 Å². The molecule has 0 heterocycles. The highest BCUT2D eigenvalue weighted by molar-refractivity contribution is 5.91. The van der Waals surface area contributed by atoms with Gasteiger partial charge in [0.25, 0.3) is 0 Å². The lowest BCUT2D eigenvalue weighted by atomic mass is 10.1. The fourth-order valence-corrected chi connectivity index (χ4v) is 1.39. The lowest BCUT2D eigenvalue weighted by Crippen LogP contribution is -2.09. The summed E-state index contributed by atoms with van der Waals surface area (Å²) in [6, 6.07) is 7.36. The number of methoxy groups -OCH3 is 1. The summed E-state index contributed by atoms with van der Waals surface area (Å²) in [6.07, 6.45) is 1.92. The van der Waals surface area contributed by atoms with E-state index in [-0.39, 0.29) is 5.97 Å². The molecule has 0 aliphatic rings. The Hall–Kier alpha value is -1.35. The highest BCUT2D eigenvalue weighted by Crippen LogP contribution is 2.11. The second-order valence-corrected chi connectivity index (χ2v) is 3.58. The van der Waals surface area contributed by atoms with Crippen molar-refractivity contribution in [1.82, 2.24) is 0 Å². The summed E-state index contributed by atoms with van der Waals surface area (Å²) in [7, 11) is 1.61. The van der Waals surface area contributed by atoms with E-state index in [0.717, 1.165) is 18.4 Å². The fourth-order valence-electron chi connectivity index (χ4n) is 1.39. The first-order chi connectivity index (χ1) is 7.79. The Morgan fingerprint density at radius 1 is 1.31 bits per heavy atom. The van der Waals surface area contributed by atoms with Crippen LogP contribution in [-0.4, -0.2) is 19.7 Å². The van der Waals surface area contributed by atoms with E-state index in [1.54, 1.807) is 13.2 Å². The lowest BCUT2D eigenvalue weighted by molar-refractivity contribution is 0.0495. The number of carbonyl (C=O) groups is 1. The van der Waals surface area contributed by atoms with Crippen molar-refractivity contribution in [1.29, 1.82) is 0 Å².